The second-order valence-corrected chi connectivity index (χ2v) is 12.6. The lowest BCUT2D eigenvalue weighted by Crippen LogP contribution is -2.13. The third-order valence-corrected chi connectivity index (χ3v) is 7.36. The summed E-state index contributed by atoms with van der Waals surface area (Å²) in [6.45, 7) is 16.9. The smallest absolute Gasteiger partial charge is 0.128 e. The SMILES string of the molecule is CCc1cc(C=Nc2cc3ccccc3cc2N=Cc2cc(CC)cc(C(C)(C)C)c2O)c(O)c(C(C)(C)C)c1. The summed E-state index contributed by atoms with van der Waals surface area (Å²) in [5.74, 6) is 0.519. The summed E-state index contributed by atoms with van der Waals surface area (Å²) < 4.78 is 0. The summed E-state index contributed by atoms with van der Waals surface area (Å²) in [4.78, 5) is 9.70. The monoisotopic (exact) mass is 534 g/mol. The fourth-order valence-electron chi connectivity index (χ4n) is 4.89. The highest BCUT2D eigenvalue weighted by molar-refractivity contribution is 5.96. The average molecular weight is 535 g/mol. The Bertz CT molecular complexity index is 1480. The number of aromatic hydroxyl groups is 2. The molecule has 0 aromatic heterocycles. The highest BCUT2D eigenvalue weighted by Crippen LogP contribution is 2.38. The molecule has 0 saturated carbocycles. The number of hydrogen-bond donors (Lipinski definition) is 2. The standard InChI is InChI=1S/C36H42N2O2/c1-9-23-15-27(33(39)29(17-23)35(3,4)5)21-37-31-19-25-13-11-12-14-26(25)20-32(31)38-22-28-16-24(10-2)18-30(34(28)40)36(6,7)8/h11-22,39-40H,9-10H2,1-8H3. The number of phenols is 2. The van der Waals surface area contributed by atoms with Gasteiger partial charge in [-0.25, -0.2) is 0 Å². The minimum absolute atomic E-state index is 0.197. The Morgan fingerprint density at radius 3 is 1.30 bits per heavy atom. The number of phenolic OH excluding ortho intramolecular Hbond substituents is 2. The zero-order valence-electron chi connectivity index (χ0n) is 25.1. The van der Waals surface area contributed by atoms with Crippen LogP contribution in [0.5, 0.6) is 11.5 Å². The Labute approximate surface area is 239 Å². The van der Waals surface area contributed by atoms with Gasteiger partial charge in [-0.3, -0.25) is 9.98 Å². The van der Waals surface area contributed by atoms with E-state index in [0.29, 0.717) is 22.5 Å². The average Bonchev–Trinajstić information content (AvgIpc) is 2.90. The van der Waals surface area contributed by atoms with E-state index in [1.165, 1.54) is 0 Å². The molecule has 0 fully saturated rings. The summed E-state index contributed by atoms with van der Waals surface area (Å²) in [5, 5.41) is 24.4. The molecule has 40 heavy (non-hydrogen) atoms. The maximum Gasteiger partial charge on any atom is 0.128 e. The summed E-state index contributed by atoms with van der Waals surface area (Å²) >= 11 is 0. The van der Waals surface area contributed by atoms with E-state index in [0.717, 1.165) is 45.9 Å². The van der Waals surface area contributed by atoms with Gasteiger partial charge in [0.1, 0.15) is 11.5 Å². The van der Waals surface area contributed by atoms with E-state index < -0.39 is 0 Å². The van der Waals surface area contributed by atoms with Crippen LogP contribution in [0.1, 0.15) is 88.8 Å². The quantitative estimate of drug-likeness (QED) is 0.242. The van der Waals surface area contributed by atoms with Crippen LogP contribution in [0, 0.1) is 0 Å². The van der Waals surface area contributed by atoms with Gasteiger partial charge in [0.2, 0.25) is 0 Å². The Hall–Kier alpha value is -3.92. The van der Waals surface area contributed by atoms with Gasteiger partial charge >= 0.3 is 0 Å². The van der Waals surface area contributed by atoms with Crippen LogP contribution >= 0.6 is 0 Å². The molecule has 0 bridgehead atoms. The normalized spacial score (nSPS) is 12.7. The molecule has 0 spiro atoms. The van der Waals surface area contributed by atoms with E-state index in [2.05, 4.69) is 79.7 Å². The molecule has 0 aliphatic carbocycles. The molecule has 0 saturated heterocycles. The summed E-state index contributed by atoms with van der Waals surface area (Å²) in [6.07, 6.45) is 5.21. The lowest BCUT2D eigenvalue weighted by atomic mass is 9.84. The van der Waals surface area contributed by atoms with Gasteiger partial charge in [0.05, 0.1) is 11.4 Å². The van der Waals surface area contributed by atoms with E-state index in [1.54, 1.807) is 12.4 Å². The van der Waals surface area contributed by atoms with E-state index in [1.807, 2.05) is 36.4 Å². The first-order valence-electron chi connectivity index (χ1n) is 14.2. The van der Waals surface area contributed by atoms with Crippen molar-refractivity contribution in [3.05, 3.63) is 94.0 Å². The van der Waals surface area contributed by atoms with Gasteiger partial charge in [0, 0.05) is 34.7 Å². The number of benzene rings is 4. The molecule has 4 rings (SSSR count). The predicted molar refractivity (Wildman–Crippen MR) is 171 cm³/mol. The van der Waals surface area contributed by atoms with Crippen LogP contribution in [0.25, 0.3) is 10.8 Å². The molecule has 4 heteroatoms. The van der Waals surface area contributed by atoms with Crippen LogP contribution in [0.15, 0.2) is 70.6 Å². The van der Waals surface area contributed by atoms with Crippen molar-refractivity contribution in [2.45, 2.75) is 79.1 Å². The maximum absolute atomic E-state index is 11.1. The molecule has 4 aromatic rings. The molecular formula is C36H42N2O2. The van der Waals surface area contributed by atoms with Crippen LogP contribution in [0.2, 0.25) is 0 Å². The van der Waals surface area contributed by atoms with Gasteiger partial charge in [-0.05, 0) is 69.8 Å². The molecule has 0 atom stereocenters. The van der Waals surface area contributed by atoms with Crippen molar-refractivity contribution in [1.82, 2.24) is 0 Å². The maximum atomic E-state index is 11.1. The van der Waals surface area contributed by atoms with Crippen molar-refractivity contribution >= 4 is 34.6 Å². The van der Waals surface area contributed by atoms with Gasteiger partial charge in [-0.1, -0.05) is 91.8 Å². The fraction of sp³-hybridized carbons (Fsp3) is 0.333. The Balaban J connectivity index is 1.85. The molecule has 0 unspecified atom stereocenters. The van der Waals surface area contributed by atoms with Crippen LogP contribution in [0.3, 0.4) is 0 Å². The first-order valence-corrected chi connectivity index (χ1v) is 14.2. The first kappa shape index (κ1) is 29.1. The topological polar surface area (TPSA) is 65.2 Å². The van der Waals surface area contributed by atoms with Crippen LogP contribution in [0.4, 0.5) is 11.4 Å². The molecule has 2 N–H and O–H groups in total. The predicted octanol–water partition coefficient (Wildman–Crippen LogP) is 9.47. The van der Waals surface area contributed by atoms with Gasteiger partial charge < -0.3 is 10.2 Å². The van der Waals surface area contributed by atoms with E-state index in [9.17, 15) is 10.2 Å². The number of aryl methyl sites for hydroxylation is 2. The first-order chi connectivity index (χ1) is 18.8. The third-order valence-electron chi connectivity index (χ3n) is 7.36. The second-order valence-electron chi connectivity index (χ2n) is 12.6. The number of fused-ring (bicyclic) bond motifs is 1. The van der Waals surface area contributed by atoms with Crippen LogP contribution in [-0.4, -0.2) is 22.6 Å². The van der Waals surface area contributed by atoms with Crippen molar-refractivity contribution in [3.63, 3.8) is 0 Å². The molecule has 0 aliphatic rings. The second kappa shape index (κ2) is 11.3. The lowest BCUT2D eigenvalue weighted by molar-refractivity contribution is 0.445. The zero-order chi connectivity index (χ0) is 29.2. The number of rotatable bonds is 6. The van der Waals surface area contributed by atoms with E-state index >= 15 is 0 Å². The van der Waals surface area contributed by atoms with Gasteiger partial charge in [-0.15, -0.1) is 0 Å². The van der Waals surface area contributed by atoms with Crippen molar-refractivity contribution in [2.75, 3.05) is 0 Å². The van der Waals surface area contributed by atoms with Crippen molar-refractivity contribution in [2.24, 2.45) is 9.98 Å². The molecule has 0 radical (unpaired) electrons. The van der Waals surface area contributed by atoms with Crippen molar-refractivity contribution < 1.29 is 10.2 Å². The molecule has 208 valence electrons. The summed E-state index contributed by atoms with van der Waals surface area (Å²) in [6, 6.07) is 20.3. The van der Waals surface area contributed by atoms with E-state index in [4.69, 9.17) is 9.98 Å². The van der Waals surface area contributed by atoms with Gasteiger partial charge in [0.15, 0.2) is 0 Å². The highest BCUT2D eigenvalue weighted by Gasteiger charge is 2.22. The number of nitrogens with zero attached hydrogens (tertiary/aromatic N) is 2. The Morgan fingerprint density at radius 1 is 0.600 bits per heavy atom. The van der Waals surface area contributed by atoms with E-state index in [-0.39, 0.29) is 22.3 Å². The fourth-order valence-corrected chi connectivity index (χ4v) is 4.89. The van der Waals surface area contributed by atoms with Crippen LogP contribution < -0.4 is 0 Å². The third kappa shape index (κ3) is 6.28. The molecule has 0 amide bonds. The van der Waals surface area contributed by atoms with Crippen molar-refractivity contribution in [1.29, 1.82) is 0 Å². The Morgan fingerprint density at radius 2 is 0.975 bits per heavy atom. The molecule has 0 aliphatic heterocycles. The summed E-state index contributed by atoms with van der Waals surface area (Å²) in [7, 11) is 0. The largest absolute Gasteiger partial charge is 0.507 e. The highest BCUT2D eigenvalue weighted by atomic mass is 16.3. The molecule has 4 aromatic carbocycles. The molecule has 0 heterocycles. The zero-order valence-corrected chi connectivity index (χ0v) is 25.1. The number of hydrogen-bond acceptors (Lipinski definition) is 4. The Kier molecular flexibility index (Phi) is 8.20. The van der Waals surface area contributed by atoms with Gasteiger partial charge in [-0.2, -0.15) is 0 Å². The molecular weight excluding hydrogens is 492 g/mol. The lowest BCUT2D eigenvalue weighted by Gasteiger charge is -2.22. The molecule has 4 nitrogen and oxygen atoms in total. The minimum Gasteiger partial charge on any atom is -0.507 e. The van der Waals surface area contributed by atoms with Gasteiger partial charge in [0.25, 0.3) is 0 Å². The summed E-state index contributed by atoms with van der Waals surface area (Å²) in [5.41, 5.74) is 6.49. The number of aliphatic imine (C=N–C) groups is 2. The van der Waals surface area contributed by atoms with Crippen LogP contribution in [-0.2, 0) is 23.7 Å². The van der Waals surface area contributed by atoms with Crippen molar-refractivity contribution in [3.8, 4) is 11.5 Å². The minimum atomic E-state index is -0.197.